The first-order chi connectivity index (χ1) is 10.8. The summed E-state index contributed by atoms with van der Waals surface area (Å²) >= 11 is 1.85. The Balaban J connectivity index is 1.67. The van der Waals surface area contributed by atoms with Crippen LogP contribution < -0.4 is 10.2 Å². The van der Waals surface area contributed by atoms with Crippen molar-refractivity contribution >= 4 is 22.7 Å². The molecule has 0 amide bonds. The predicted octanol–water partition coefficient (Wildman–Crippen LogP) is 3.88. The molecule has 0 spiro atoms. The number of piperidine rings is 1. The highest BCUT2D eigenvalue weighted by molar-refractivity contribution is 7.11. The summed E-state index contributed by atoms with van der Waals surface area (Å²) in [5.41, 5.74) is 2.49. The molecule has 1 fully saturated rings. The number of anilines is 2. The minimum atomic E-state index is 0.325. The highest BCUT2D eigenvalue weighted by Crippen LogP contribution is 2.30. The number of thiophene rings is 1. The van der Waals surface area contributed by atoms with E-state index in [1.807, 2.05) is 11.3 Å². The normalized spacial score (nSPS) is 16.0. The number of rotatable bonds is 5. The number of benzene rings is 1. The smallest absolute Gasteiger partial charge is 0.0602 e. The second-order valence-corrected chi connectivity index (χ2v) is 7.37. The van der Waals surface area contributed by atoms with Crippen LogP contribution >= 0.6 is 11.3 Å². The van der Waals surface area contributed by atoms with Crippen molar-refractivity contribution in [1.29, 1.82) is 0 Å². The third-order valence-corrected chi connectivity index (χ3v) is 5.37. The Hall–Kier alpha value is -1.52. The molecule has 1 saturated heterocycles. The Bertz CT molecular complexity index is 603. The Morgan fingerprint density at radius 2 is 1.95 bits per heavy atom. The van der Waals surface area contributed by atoms with E-state index in [1.54, 1.807) is 0 Å². The monoisotopic (exact) mass is 316 g/mol. The zero-order valence-electron chi connectivity index (χ0n) is 13.1. The Kier molecular flexibility index (Phi) is 5.01. The highest BCUT2D eigenvalue weighted by atomic mass is 32.1. The van der Waals surface area contributed by atoms with Crippen molar-refractivity contribution in [3.8, 4) is 0 Å². The fraction of sp³-hybridized carbons (Fsp3) is 0.444. The SMILES string of the molecule is Cc1ccc(CNc2ccccc2N2CCC(CO)CC2)s1. The Labute approximate surface area is 136 Å². The first-order valence-corrected chi connectivity index (χ1v) is 8.82. The fourth-order valence-corrected chi connectivity index (χ4v) is 3.85. The maximum Gasteiger partial charge on any atom is 0.0602 e. The molecule has 4 heteroatoms. The molecular formula is C18H24N2OS. The predicted molar refractivity (Wildman–Crippen MR) is 94.8 cm³/mol. The van der Waals surface area contributed by atoms with Gasteiger partial charge >= 0.3 is 0 Å². The van der Waals surface area contributed by atoms with Crippen LogP contribution in [0.1, 0.15) is 22.6 Å². The summed E-state index contributed by atoms with van der Waals surface area (Å²) in [5.74, 6) is 0.477. The van der Waals surface area contributed by atoms with Gasteiger partial charge in [-0.05, 0) is 49.9 Å². The van der Waals surface area contributed by atoms with E-state index < -0.39 is 0 Å². The van der Waals surface area contributed by atoms with Gasteiger partial charge in [0.25, 0.3) is 0 Å². The largest absolute Gasteiger partial charge is 0.396 e. The Morgan fingerprint density at radius 3 is 2.64 bits per heavy atom. The third kappa shape index (κ3) is 3.62. The molecule has 0 saturated carbocycles. The van der Waals surface area contributed by atoms with E-state index in [2.05, 4.69) is 53.5 Å². The molecule has 0 aliphatic carbocycles. The lowest BCUT2D eigenvalue weighted by molar-refractivity contribution is 0.203. The molecule has 1 aromatic carbocycles. The van der Waals surface area contributed by atoms with E-state index in [9.17, 15) is 5.11 Å². The van der Waals surface area contributed by atoms with Crippen molar-refractivity contribution in [2.24, 2.45) is 5.92 Å². The number of hydrogen-bond donors (Lipinski definition) is 2. The lowest BCUT2D eigenvalue weighted by Crippen LogP contribution is -2.35. The van der Waals surface area contributed by atoms with Gasteiger partial charge in [0.05, 0.1) is 11.4 Å². The summed E-state index contributed by atoms with van der Waals surface area (Å²) < 4.78 is 0. The van der Waals surface area contributed by atoms with Crippen molar-refractivity contribution in [2.75, 3.05) is 29.9 Å². The summed E-state index contributed by atoms with van der Waals surface area (Å²) in [6.07, 6.45) is 2.16. The van der Waals surface area contributed by atoms with Crippen LogP contribution in [0.3, 0.4) is 0 Å². The number of nitrogens with one attached hydrogen (secondary N) is 1. The first kappa shape index (κ1) is 15.4. The average molecular weight is 316 g/mol. The zero-order valence-corrected chi connectivity index (χ0v) is 13.9. The second-order valence-electron chi connectivity index (χ2n) is 6.00. The van der Waals surface area contributed by atoms with Crippen LogP contribution in [0.4, 0.5) is 11.4 Å². The molecule has 2 heterocycles. The summed E-state index contributed by atoms with van der Waals surface area (Å²) in [4.78, 5) is 5.16. The van der Waals surface area contributed by atoms with Crippen LogP contribution in [0.15, 0.2) is 36.4 Å². The van der Waals surface area contributed by atoms with Crippen LogP contribution in [0.25, 0.3) is 0 Å². The minimum Gasteiger partial charge on any atom is -0.396 e. The second kappa shape index (κ2) is 7.16. The number of aliphatic hydroxyl groups excluding tert-OH is 1. The van der Waals surface area contributed by atoms with E-state index in [4.69, 9.17) is 0 Å². The highest BCUT2D eigenvalue weighted by Gasteiger charge is 2.20. The molecule has 1 aromatic heterocycles. The standard InChI is InChI=1S/C18H24N2OS/c1-14-6-7-16(22-14)12-19-17-4-2-3-5-18(17)20-10-8-15(13-21)9-11-20/h2-7,15,19,21H,8-13H2,1H3. The molecule has 1 aliphatic rings. The van der Waals surface area contributed by atoms with Gasteiger partial charge in [-0.15, -0.1) is 11.3 Å². The lowest BCUT2D eigenvalue weighted by Gasteiger charge is -2.34. The van der Waals surface area contributed by atoms with Gasteiger partial charge in [0.1, 0.15) is 0 Å². The quantitative estimate of drug-likeness (QED) is 0.879. The molecule has 3 nitrogen and oxygen atoms in total. The van der Waals surface area contributed by atoms with E-state index in [1.165, 1.54) is 21.1 Å². The molecule has 2 N–H and O–H groups in total. The third-order valence-electron chi connectivity index (χ3n) is 4.37. The molecule has 22 heavy (non-hydrogen) atoms. The minimum absolute atomic E-state index is 0.325. The topological polar surface area (TPSA) is 35.5 Å². The van der Waals surface area contributed by atoms with Crippen molar-refractivity contribution in [3.05, 3.63) is 46.2 Å². The molecule has 0 bridgehead atoms. The maximum atomic E-state index is 9.28. The molecule has 2 aromatic rings. The van der Waals surface area contributed by atoms with Gasteiger partial charge in [-0.3, -0.25) is 0 Å². The van der Waals surface area contributed by atoms with Crippen molar-refractivity contribution in [1.82, 2.24) is 0 Å². The van der Waals surface area contributed by atoms with E-state index in [-0.39, 0.29) is 0 Å². The fourth-order valence-electron chi connectivity index (χ4n) is 3.02. The van der Waals surface area contributed by atoms with Gasteiger partial charge < -0.3 is 15.3 Å². The average Bonchev–Trinajstić information content (AvgIpc) is 2.99. The van der Waals surface area contributed by atoms with Crippen molar-refractivity contribution < 1.29 is 5.11 Å². The number of para-hydroxylation sites is 2. The van der Waals surface area contributed by atoms with E-state index in [0.717, 1.165) is 32.5 Å². The van der Waals surface area contributed by atoms with Gasteiger partial charge in [-0.25, -0.2) is 0 Å². The molecule has 3 rings (SSSR count). The van der Waals surface area contributed by atoms with Crippen LogP contribution in [-0.2, 0) is 6.54 Å². The molecule has 0 atom stereocenters. The first-order valence-electron chi connectivity index (χ1n) is 8.00. The summed E-state index contributed by atoms with van der Waals surface area (Å²) in [5, 5.41) is 12.9. The number of hydrogen-bond acceptors (Lipinski definition) is 4. The van der Waals surface area contributed by atoms with Crippen LogP contribution in [0, 0.1) is 12.8 Å². The van der Waals surface area contributed by atoms with Gasteiger partial charge in [0.15, 0.2) is 0 Å². The van der Waals surface area contributed by atoms with E-state index >= 15 is 0 Å². The van der Waals surface area contributed by atoms with Gasteiger partial charge in [0, 0.05) is 36.0 Å². The number of nitrogens with zero attached hydrogens (tertiary/aromatic N) is 1. The number of aliphatic hydroxyl groups is 1. The molecule has 1 aliphatic heterocycles. The van der Waals surface area contributed by atoms with Gasteiger partial charge in [-0.2, -0.15) is 0 Å². The van der Waals surface area contributed by atoms with Crippen molar-refractivity contribution in [2.45, 2.75) is 26.3 Å². The molecule has 0 radical (unpaired) electrons. The molecule has 118 valence electrons. The van der Waals surface area contributed by atoms with Crippen LogP contribution in [0.5, 0.6) is 0 Å². The number of aryl methyl sites for hydroxylation is 1. The van der Waals surface area contributed by atoms with Crippen LogP contribution in [-0.4, -0.2) is 24.8 Å². The van der Waals surface area contributed by atoms with Gasteiger partial charge in [0.2, 0.25) is 0 Å². The summed E-state index contributed by atoms with van der Waals surface area (Å²) in [7, 11) is 0. The maximum absolute atomic E-state index is 9.28. The van der Waals surface area contributed by atoms with Crippen molar-refractivity contribution in [3.63, 3.8) is 0 Å². The molecule has 0 unspecified atom stereocenters. The lowest BCUT2D eigenvalue weighted by atomic mass is 9.97. The van der Waals surface area contributed by atoms with E-state index in [0.29, 0.717) is 12.5 Å². The molecular weight excluding hydrogens is 292 g/mol. The summed E-state index contributed by atoms with van der Waals surface area (Å²) in [6, 6.07) is 12.9. The zero-order chi connectivity index (χ0) is 15.4. The summed E-state index contributed by atoms with van der Waals surface area (Å²) in [6.45, 7) is 5.41. The van der Waals surface area contributed by atoms with Gasteiger partial charge in [-0.1, -0.05) is 12.1 Å². The van der Waals surface area contributed by atoms with Crippen LogP contribution in [0.2, 0.25) is 0 Å². The Morgan fingerprint density at radius 1 is 1.18 bits per heavy atom.